The van der Waals surface area contributed by atoms with Gasteiger partial charge in [-0.05, 0) is 18.4 Å². The summed E-state index contributed by atoms with van der Waals surface area (Å²) < 4.78 is 0. The molecular weight excluding hydrogens is 154 g/mol. The number of rotatable bonds is 1. The maximum atomic E-state index is 4.14. The average molecular weight is 164 g/mol. The molecule has 0 aliphatic heterocycles. The van der Waals surface area contributed by atoms with E-state index in [9.17, 15) is 0 Å². The van der Waals surface area contributed by atoms with Gasteiger partial charge in [0.05, 0.1) is 5.04 Å². The Morgan fingerprint density at radius 2 is 2.45 bits per heavy atom. The normalized spacial score (nSPS) is 11.6. The maximum Gasteiger partial charge on any atom is 0.0970 e. The van der Waals surface area contributed by atoms with E-state index in [4.69, 9.17) is 0 Å². The predicted octanol–water partition coefficient (Wildman–Crippen LogP) is 2.23. The van der Waals surface area contributed by atoms with Crippen LogP contribution in [0.3, 0.4) is 0 Å². The lowest BCUT2D eigenvalue weighted by Gasteiger charge is -1.99. The van der Waals surface area contributed by atoms with E-state index in [1.165, 1.54) is 0 Å². The largest absolute Gasteiger partial charge is 0.281 e. The number of aliphatic imine (C=N–C) groups is 1. The summed E-state index contributed by atoms with van der Waals surface area (Å²) in [5.74, 6) is 0. The van der Waals surface area contributed by atoms with Crippen molar-refractivity contribution in [1.82, 2.24) is 0 Å². The summed E-state index contributed by atoms with van der Waals surface area (Å²) in [4.78, 5) is 4.14. The summed E-state index contributed by atoms with van der Waals surface area (Å²) >= 11 is 1.65. The van der Waals surface area contributed by atoms with Crippen molar-refractivity contribution < 1.29 is 0 Å². The molecule has 0 heterocycles. The Labute approximate surface area is 71.5 Å². The van der Waals surface area contributed by atoms with Gasteiger partial charge in [-0.2, -0.15) is 0 Å². The summed E-state index contributed by atoms with van der Waals surface area (Å²) in [6.45, 7) is 0. The van der Waals surface area contributed by atoms with E-state index in [1.54, 1.807) is 18.8 Å². The van der Waals surface area contributed by atoms with Gasteiger partial charge < -0.3 is 0 Å². The zero-order valence-electron chi connectivity index (χ0n) is 6.66. The Morgan fingerprint density at radius 1 is 1.64 bits per heavy atom. The molecule has 0 amide bonds. The third kappa shape index (κ3) is 2.09. The number of hydrogen-bond acceptors (Lipinski definition) is 2. The quantitative estimate of drug-likeness (QED) is 0.458. The van der Waals surface area contributed by atoms with Crippen molar-refractivity contribution in [1.29, 1.82) is 0 Å². The Kier molecular flexibility index (Phi) is 3.17. The van der Waals surface area contributed by atoms with Crippen LogP contribution in [0.1, 0.15) is 5.56 Å². The third-order valence-corrected chi connectivity index (χ3v) is 2.16. The van der Waals surface area contributed by atoms with Crippen LogP contribution >= 0.6 is 11.8 Å². The lowest BCUT2D eigenvalue weighted by atomic mass is 10.2. The summed E-state index contributed by atoms with van der Waals surface area (Å²) in [7, 11) is 1.80. The molecule has 1 rings (SSSR count). The highest BCUT2D eigenvalue weighted by Crippen LogP contribution is 2.09. The molecule has 1 aromatic carbocycles. The Balaban J connectivity index is 2.92. The molecule has 57 valence electrons. The van der Waals surface area contributed by atoms with Crippen LogP contribution in [0, 0.1) is 6.07 Å². The van der Waals surface area contributed by atoms with E-state index in [1.807, 2.05) is 30.5 Å². The summed E-state index contributed by atoms with van der Waals surface area (Å²) in [6.07, 6.45) is 2.02. The second kappa shape index (κ2) is 4.19. The highest BCUT2D eigenvalue weighted by molar-refractivity contribution is 8.13. The summed E-state index contributed by atoms with van der Waals surface area (Å²) in [5, 5.41) is 1.06. The highest BCUT2D eigenvalue weighted by Gasteiger charge is 1.97. The van der Waals surface area contributed by atoms with Gasteiger partial charge in [0.2, 0.25) is 0 Å². The molecule has 2 heteroatoms. The molecule has 1 nitrogen and oxygen atoms in total. The van der Waals surface area contributed by atoms with Crippen LogP contribution in [0.25, 0.3) is 0 Å². The van der Waals surface area contributed by atoms with Gasteiger partial charge in [0.1, 0.15) is 0 Å². The lowest BCUT2D eigenvalue weighted by molar-refractivity contribution is 1.45. The minimum atomic E-state index is 1.06. The van der Waals surface area contributed by atoms with Crippen molar-refractivity contribution in [3.63, 3.8) is 0 Å². The van der Waals surface area contributed by atoms with Crippen molar-refractivity contribution in [3.05, 3.63) is 35.9 Å². The molecule has 11 heavy (non-hydrogen) atoms. The van der Waals surface area contributed by atoms with E-state index in [2.05, 4.69) is 11.1 Å². The summed E-state index contributed by atoms with van der Waals surface area (Å²) in [6, 6.07) is 10.9. The van der Waals surface area contributed by atoms with Gasteiger partial charge in [0.15, 0.2) is 0 Å². The molecule has 0 bridgehead atoms. The first-order chi connectivity index (χ1) is 5.38. The van der Waals surface area contributed by atoms with Crippen molar-refractivity contribution in [2.24, 2.45) is 4.99 Å². The first-order valence-corrected chi connectivity index (χ1v) is 4.58. The van der Waals surface area contributed by atoms with E-state index >= 15 is 0 Å². The molecule has 0 unspecified atom stereocenters. The molecule has 0 aliphatic rings. The van der Waals surface area contributed by atoms with Crippen LogP contribution in [-0.2, 0) is 0 Å². The van der Waals surface area contributed by atoms with Crippen LogP contribution < -0.4 is 0 Å². The van der Waals surface area contributed by atoms with Gasteiger partial charge in [-0.25, -0.2) is 0 Å². The van der Waals surface area contributed by atoms with E-state index in [0.29, 0.717) is 0 Å². The highest BCUT2D eigenvalue weighted by atomic mass is 32.2. The number of benzene rings is 1. The van der Waals surface area contributed by atoms with E-state index < -0.39 is 0 Å². The molecule has 0 fully saturated rings. The van der Waals surface area contributed by atoms with Gasteiger partial charge in [-0.1, -0.05) is 18.2 Å². The first kappa shape index (κ1) is 8.34. The molecule has 0 atom stereocenters. The standard InChI is InChI=1S/C9H10NS/c1-10-9(11-2)8-6-4-3-5-7-8/h3-4,6-7H,1-2H3. The lowest BCUT2D eigenvalue weighted by Crippen LogP contribution is -1.92. The van der Waals surface area contributed by atoms with Crippen molar-refractivity contribution >= 4 is 16.8 Å². The number of hydrogen-bond donors (Lipinski definition) is 0. The van der Waals surface area contributed by atoms with Crippen molar-refractivity contribution in [2.75, 3.05) is 13.3 Å². The van der Waals surface area contributed by atoms with E-state index in [0.717, 1.165) is 10.6 Å². The van der Waals surface area contributed by atoms with Gasteiger partial charge >= 0.3 is 0 Å². The monoisotopic (exact) mass is 164 g/mol. The first-order valence-electron chi connectivity index (χ1n) is 3.35. The molecule has 0 saturated carbocycles. The van der Waals surface area contributed by atoms with Crippen LogP contribution in [0.2, 0.25) is 0 Å². The minimum absolute atomic E-state index is 1.06. The number of thioether (sulfide) groups is 1. The SMILES string of the molecule is CN=C(SC)c1c[c]ccc1. The Hall–Kier alpha value is -0.760. The van der Waals surface area contributed by atoms with E-state index in [-0.39, 0.29) is 0 Å². The molecule has 1 radical (unpaired) electrons. The van der Waals surface area contributed by atoms with Gasteiger partial charge in [-0.15, -0.1) is 11.8 Å². The number of nitrogens with zero attached hydrogens (tertiary/aromatic N) is 1. The Morgan fingerprint density at radius 3 is 2.91 bits per heavy atom. The smallest absolute Gasteiger partial charge is 0.0970 e. The Bertz CT molecular complexity index is 241. The molecular formula is C9H10NS. The van der Waals surface area contributed by atoms with Crippen LogP contribution in [0.15, 0.2) is 29.3 Å². The topological polar surface area (TPSA) is 12.4 Å². The van der Waals surface area contributed by atoms with Crippen molar-refractivity contribution in [3.8, 4) is 0 Å². The second-order valence-electron chi connectivity index (χ2n) is 2.03. The molecule has 0 spiro atoms. The zero-order chi connectivity index (χ0) is 8.10. The zero-order valence-corrected chi connectivity index (χ0v) is 7.48. The fraction of sp³-hybridized carbons (Fsp3) is 0.222. The third-order valence-electron chi connectivity index (χ3n) is 1.35. The molecule has 1 aromatic rings. The minimum Gasteiger partial charge on any atom is -0.281 e. The fourth-order valence-electron chi connectivity index (χ4n) is 0.865. The van der Waals surface area contributed by atoms with Crippen molar-refractivity contribution in [2.45, 2.75) is 0 Å². The van der Waals surface area contributed by atoms with Gasteiger partial charge in [0.25, 0.3) is 0 Å². The molecule has 0 saturated heterocycles. The molecule has 0 aliphatic carbocycles. The predicted molar refractivity (Wildman–Crippen MR) is 51.3 cm³/mol. The van der Waals surface area contributed by atoms with Gasteiger partial charge in [0, 0.05) is 12.6 Å². The maximum absolute atomic E-state index is 4.14. The molecule has 0 N–H and O–H groups in total. The average Bonchev–Trinajstić information content (AvgIpc) is 2.09. The van der Waals surface area contributed by atoms with Crippen LogP contribution in [0.5, 0.6) is 0 Å². The summed E-state index contributed by atoms with van der Waals surface area (Å²) in [5.41, 5.74) is 1.14. The second-order valence-corrected chi connectivity index (χ2v) is 2.82. The molecule has 0 aromatic heterocycles. The van der Waals surface area contributed by atoms with Crippen LogP contribution in [-0.4, -0.2) is 18.3 Å². The van der Waals surface area contributed by atoms with Crippen LogP contribution in [0.4, 0.5) is 0 Å². The fourth-order valence-corrected chi connectivity index (χ4v) is 1.41. The van der Waals surface area contributed by atoms with Gasteiger partial charge in [-0.3, -0.25) is 4.99 Å².